The SMILES string of the molecule is CC(C)C(NC(=O)CCn1cncn1)c1ccccc1. The normalized spacial score (nSPS) is 12.3. The first-order valence-electron chi connectivity index (χ1n) is 6.83. The number of aromatic nitrogens is 3. The fraction of sp³-hybridized carbons (Fsp3) is 0.400. The predicted molar refractivity (Wildman–Crippen MR) is 76.8 cm³/mol. The number of hydrogen-bond donors (Lipinski definition) is 1. The van der Waals surface area contributed by atoms with Crippen LogP contribution in [0.4, 0.5) is 0 Å². The molecule has 5 heteroatoms. The van der Waals surface area contributed by atoms with E-state index < -0.39 is 0 Å². The second-order valence-electron chi connectivity index (χ2n) is 5.11. The van der Waals surface area contributed by atoms with Crippen molar-refractivity contribution in [2.75, 3.05) is 0 Å². The van der Waals surface area contributed by atoms with Crippen LogP contribution in [-0.2, 0) is 11.3 Å². The van der Waals surface area contributed by atoms with Gasteiger partial charge < -0.3 is 5.32 Å². The molecule has 20 heavy (non-hydrogen) atoms. The first kappa shape index (κ1) is 14.2. The Labute approximate surface area is 119 Å². The lowest BCUT2D eigenvalue weighted by atomic mass is 9.96. The van der Waals surface area contributed by atoms with Crippen molar-refractivity contribution in [2.45, 2.75) is 32.9 Å². The Bertz CT molecular complexity index is 522. The highest BCUT2D eigenvalue weighted by atomic mass is 16.1. The lowest BCUT2D eigenvalue weighted by molar-refractivity contribution is -0.122. The van der Waals surface area contributed by atoms with Crippen molar-refractivity contribution in [1.29, 1.82) is 0 Å². The molecule has 1 heterocycles. The van der Waals surface area contributed by atoms with Crippen molar-refractivity contribution in [3.05, 3.63) is 48.5 Å². The molecule has 1 atom stereocenters. The lowest BCUT2D eigenvalue weighted by Crippen LogP contribution is -2.32. The molecule has 0 aliphatic heterocycles. The summed E-state index contributed by atoms with van der Waals surface area (Å²) in [7, 11) is 0. The van der Waals surface area contributed by atoms with Crippen LogP contribution in [0.15, 0.2) is 43.0 Å². The lowest BCUT2D eigenvalue weighted by Gasteiger charge is -2.23. The molecule has 0 radical (unpaired) electrons. The van der Waals surface area contributed by atoms with E-state index in [1.807, 2.05) is 30.3 Å². The fourth-order valence-corrected chi connectivity index (χ4v) is 2.11. The van der Waals surface area contributed by atoms with Crippen LogP contribution in [0.3, 0.4) is 0 Å². The Morgan fingerprint density at radius 3 is 2.65 bits per heavy atom. The highest BCUT2D eigenvalue weighted by Gasteiger charge is 2.17. The number of aryl methyl sites for hydroxylation is 1. The first-order valence-corrected chi connectivity index (χ1v) is 6.83. The van der Waals surface area contributed by atoms with Gasteiger partial charge in [0.2, 0.25) is 5.91 Å². The second kappa shape index (κ2) is 6.84. The maximum Gasteiger partial charge on any atom is 0.222 e. The highest BCUT2D eigenvalue weighted by Crippen LogP contribution is 2.21. The zero-order valence-corrected chi connectivity index (χ0v) is 11.9. The number of carbonyl (C=O) groups excluding carboxylic acids is 1. The van der Waals surface area contributed by atoms with Gasteiger partial charge in [0.15, 0.2) is 0 Å². The average Bonchev–Trinajstić information content (AvgIpc) is 2.96. The maximum absolute atomic E-state index is 12.1. The summed E-state index contributed by atoms with van der Waals surface area (Å²) in [6.07, 6.45) is 3.49. The van der Waals surface area contributed by atoms with Gasteiger partial charge in [-0.3, -0.25) is 9.48 Å². The summed E-state index contributed by atoms with van der Waals surface area (Å²) in [5.41, 5.74) is 1.14. The summed E-state index contributed by atoms with van der Waals surface area (Å²) in [6.45, 7) is 4.76. The molecule has 0 bridgehead atoms. The Balaban J connectivity index is 1.93. The third-order valence-corrected chi connectivity index (χ3v) is 3.18. The van der Waals surface area contributed by atoms with E-state index >= 15 is 0 Å². The van der Waals surface area contributed by atoms with Crippen LogP contribution in [0.2, 0.25) is 0 Å². The van der Waals surface area contributed by atoms with Gasteiger partial charge in [0, 0.05) is 6.42 Å². The number of benzene rings is 1. The number of nitrogens with zero attached hydrogens (tertiary/aromatic N) is 3. The summed E-state index contributed by atoms with van der Waals surface area (Å²) in [5.74, 6) is 0.371. The summed E-state index contributed by atoms with van der Waals surface area (Å²) >= 11 is 0. The highest BCUT2D eigenvalue weighted by molar-refractivity contribution is 5.76. The minimum atomic E-state index is 0.0306. The molecule has 1 aromatic carbocycles. The molecule has 1 unspecified atom stereocenters. The number of carbonyl (C=O) groups is 1. The summed E-state index contributed by atoms with van der Waals surface area (Å²) in [4.78, 5) is 15.9. The standard InChI is InChI=1S/C15H20N4O/c1-12(2)15(13-6-4-3-5-7-13)18-14(20)8-9-19-11-16-10-17-19/h3-7,10-12,15H,8-9H2,1-2H3,(H,18,20). The summed E-state index contributed by atoms with van der Waals surface area (Å²) in [6, 6.07) is 10.1. The quantitative estimate of drug-likeness (QED) is 0.876. The van der Waals surface area contributed by atoms with Gasteiger partial charge in [-0.05, 0) is 11.5 Å². The molecule has 0 spiro atoms. The van der Waals surface area contributed by atoms with Gasteiger partial charge in [0.25, 0.3) is 0 Å². The van der Waals surface area contributed by atoms with E-state index in [1.54, 1.807) is 11.0 Å². The van der Waals surface area contributed by atoms with E-state index in [0.717, 1.165) is 5.56 Å². The zero-order valence-electron chi connectivity index (χ0n) is 11.9. The topological polar surface area (TPSA) is 59.8 Å². The second-order valence-corrected chi connectivity index (χ2v) is 5.11. The van der Waals surface area contributed by atoms with Crippen LogP contribution in [0.5, 0.6) is 0 Å². The number of hydrogen-bond acceptors (Lipinski definition) is 3. The van der Waals surface area contributed by atoms with Crippen LogP contribution in [0.25, 0.3) is 0 Å². The molecule has 0 aliphatic carbocycles. The summed E-state index contributed by atoms with van der Waals surface area (Å²) in [5, 5.41) is 7.08. The van der Waals surface area contributed by atoms with Crippen molar-refractivity contribution in [3.8, 4) is 0 Å². The van der Waals surface area contributed by atoms with Crippen molar-refractivity contribution in [1.82, 2.24) is 20.1 Å². The summed E-state index contributed by atoms with van der Waals surface area (Å²) < 4.78 is 1.66. The molecular formula is C15H20N4O. The Morgan fingerprint density at radius 2 is 2.05 bits per heavy atom. The molecule has 2 rings (SSSR count). The van der Waals surface area contributed by atoms with Crippen LogP contribution >= 0.6 is 0 Å². The van der Waals surface area contributed by atoms with Crippen LogP contribution < -0.4 is 5.32 Å². The molecule has 106 valence electrons. The monoisotopic (exact) mass is 272 g/mol. The maximum atomic E-state index is 12.1. The number of amides is 1. The molecule has 0 saturated heterocycles. The van der Waals surface area contributed by atoms with E-state index in [0.29, 0.717) is 18.9 Å². The van der Waals surface area contributed by atoms with E-state index in [9.17, 15) is 4.79 Å². The van der Waals surface area contributed by atoms with Crippen LogP contribution in [-0.4, -0.2) is 20.7 Å². The van der Waals surface area contributed by atoms with Gasteiger partial charge in [-0.1, -0.05) is 44.2 Å². The van der Waals surface area contributed by atoms with Gasteiger partial charge in [0.1, 0.15) is 12.7 Å². The molecule has 1 amide bonds. The van der Waals surface area contributed by atoms with Gasteiger partial charge in [-0.25, -0.2) is 4.98 Å². The predicted octanol–water partition coefficient (Wildman–Crippen LogP) is 2.18. The zero-order chi connectivity index (χ0) is 14.4. The molecular weight excluding hydrogens is 252 g/mol. The smallest absolute Gasteiger partial charge is 0.222 e. The van der Waals surface area contributed by atoms with Crippen molar-refractivity contribution >= 4 is 5.91 Å². The van der Waals surface area contributed by atoms with Gasteiger partial charge in [-0.2, -0.15) is 5.10 Å². The Hall–Kier alpha value is -2.17. The van der Waals surface area contributed by atoms with Gasteiger partial charge in [0.05, 0.1) is 12.6 Å². The first-order chi connectivity index (χ1) is 9.66. The minimum Gasteiger partial charge on any atom is -0.349 e. The minimum absolute atomic E-state index is 0.0306. The molecule has 2 aromatic rings. The third kappa shape index (κ3) is 3.91. The molecule has 5 nitrogen and oxygen atoms in total. The van der Waals surface area contributed by atoms with Crippen LogP contribution in [0, 0.1) is 5.92 Å². The van der Waals surface area contributed by atoms with E-state index in [4.69, 9.17) is 0 Å². The van der Waals surface area contributed by atoms with Crippen molar-refractivity contribution in [3.63, 3.8) is 0 Å². The average molecular weight is 272 g/mol. The van der Waals surface area contributed by atoms with E-state index in [-0.39, 0.29) is 11.9 Å². The largest absolute Gasteiger partial charge is 0.349 e. The van der Waals surface area contributed by atoms with Crippen molar-refractivity contribution < 1.29 is 4.79 Å². The van der Waals surface area contributed by atoms with E-state index in [1.165, 1.54) is 6.33 Å². The Kier molecular flexibility index (Phi) is 4.87. The Morgan fingerprint density at radius 1 is 1.30 bits per heavy atom. The third-order valence-electron chi connectivity index (χ3n) is 3.18. The van der Waals surface area contributed by atoms with Crippen LogP contribution in [0.1, 0.15) is 31.9 Å². The number of nitrogens with one attached hydrogen (secondary N) is 1. The van der Waals surface area contributed by atoms with Crippen molar-refractivity contribution in [2.24, 2.45) is 5.92 Å². The molecule has 0 saturated carbocycles. The molecule has 1 N–H and O–H groups in total. The molecule has 0 fully saturated rings. The molecule has 1 aromatic heterocycles. The molecule has 0 aliphatic rings. The van der Waals surface area contributed by atoms with E-state index in [2.05, 4.69) is 29.2 Å². The number of rotatable bonds is 6. The van der Waals surface area contributed by atoms with Gasteiger partial charge in [-0.15, -0.1) is 0 Å². The fourth-order valence-electron chi connectivity index (χ4n) is 2.11. The van der Waals surface area contributed by atoms with Gasteiger partial charge >= 0.3 is 0 Å².